The molecule has 4 heteroatoms. The lowest BCUT2D eigenvalue weighted by Crippen LogP contribution is -2.32. The molecule has 0 bridgehead atoms. The third-order valence-corrected chi connectivity index (χ3v) is 4.20. The summed E-state index contributed by atoms with van der Waals surface area (Å²) in [4.78, 5) is 0. The maximum absolute atomic E-state index is 6.02. The zero-order chi connectivity index (χ0) is 15.0. The number of nitrogens with one attached hydrogen (secondary N) is 1. The highest BCUT2D eigenvalue weighted by molar-refractivity contribution is 6.30. The molecular formula is C17H20ClNO2. The molecule has 3 nitrogen and oxygen atoms in total. The van der Waals surface area contributed by atoms with Gasteiger partial charge in [0.2, 0.25) is 0 Å². The first kappa shape index (κ1) is 14.5. The molecule has 0 aliphatic carbocycles. The van der Waals surface area contributed by atoms with E-state index in [1.54, 1.807) is 0 Å². The monoisotopic (exact) mass is 305 g/mol. The number of furan rings is 1. The Hall–Kier alpha value is -1.45. The topological polar surface area (TPSA) is 34.4 Å². The van der Waals surface area contributed by atoms with E-state index in [0.717, 1.165) is 35.3 Å². The molecule has 0 fully saturated rings. The summed E-state index contributed by atoms with van der Waals surface area (Å²) in [5, 5.41) is 4.29. The van der Waals surface area contributed by atoms with E-state index in [0.29, 0.717) is 0 Å². The Balaban J connectivity index is 1.58. The van der Waals surface area contributed by atoms with E-state index >= 15 is 0 Å². The van der Waals surface area contributed by atoms with Gasteiger partial charge in [-0.05, 0) is 50.6 Å². The highest BCUT2D eigenvalue weighted by Gasteiger charge is 2.23. The van der Waals surface area contributed by atoms with Crippen molar-refractivity contribution in [2.75, 3.05) is 6.54 Å². The summed E-state index contributed by atoms with van der Waals surface area (Å²) < 4.78 is 11.5. The van der Waals surface area contributed by atoms with Crippen molar-refractivity contribution in [2.45, 2.75) is 39.3 Å². The van der Waals surface area contributed by atoms with E-state index in [-0.39, 0.29) is 12.1 Å². The molecular weight excluding hydrogens is 286 g/mol. The molecule has 3 rings (SSSR count). The molecule has 2 heterocycles. The molecule has 1 aliphatic rings. The first-order chi connectivity index (χ1) is 10.0. The molecule has 1 aromatic heterocycles. The third kappa shape index (κ3) is 3.09. The number of fused-ring (bicyclic) bond motifs is 1. The molecule has 1 aliphatic heterocycles. The number of halogens is 1. The Bertz CT molecular complexity index is 650. The lowest BCUT2D eigenvalue weighted by Gasteiger charge is -2.17. The van der Waals surface area contributed by atoms with Crippen LogP contribution in [-0.2, 0) is 6.42 Å². The van der Waals surface area contributed by atoms with Crippen molar-refractivity contribution in [2.24, 2.45) is 0 Å². The number of ether oxygens (including phenoxy) is 1. The molecule has 2 atom stereocenters. The maximum Gasteiger partial charge on any atom is 0.123 e. The van der Waals surface area contributed by atoms with Crippen LogP contribution in [0.2, 0.25) is 5.02 Å². The van der Waals surface area contributed by atoms with Gasteiger partial charge in [-0.25, -0.2) is 0 Å². The minimum Gasteiger partial charge on any atom is -0.488 e. The number of aryl methyl sites for hydroxylation is 2. The van der Waals surface area contributed by atoms with E-state index in [1.807, 2.05) is 32.0 Å². The first-order valence-electron chi connectivity index (χ1n) is 7.28. The maximum atomic E-state index is 6.02. The molecule has 0 radical (unpaired) electrons. The Morgan fingerprint density at radius 3 is 2.86 bits per heavy atom. The van der Waals surface area contributed by atoms with Gasteiger partial charge in [-0.3, -0.25) is 0 Å². The predicted molar refractivity (Wildman–Crippen MR) is 84.2 cm³/mol. The van der Waals surface area contributed by atoms with E-state index in [2.05, 4.69) is 18.3 Å². The van der Waals surface area contributed by atoms with Gasteiger partial charge in [0.25, 0.3) is 0 Å². The fraction of sp³-hybridized carbons (Fsp3) is 0.412. The van der Waals surface area contributed by atoms with E-state index in [4.69, 9.17) is 20.8 Å². The smallest absolute Gasteiger partial charge is 0.123 e. The van der Waals surface area contributed by atoms with Crippen LogP contribution in [0.3, 0.4) is 0 Å². The molecule has 1 aromatic carbocycles. The van der Waals surface area contributed by atoms with Crippen molar-refractivity contribution in [3.63, 3.8) is 0 Å². The van der Waals surface area contributed by atoms with Crippen LogP contribution in [0.25, 0.3) is 0 Å². The molecule has 0 saturated heterocycles. The lowest BCUT2D eigenvalue weighted by atomic mass is 10.1. The SMILES string of the molecule is Cc1cc(C(C)NCC2Cc3cc(Cl)ccc3O2)c(C)o1. The lowest BCUT2D eigenvalue weighted by molar-refractivity contribution is 0.222. The summed E-state index contributed by atoms with van der Waals surface area (Å²) in [5.41, 5.74) is 2.41. The summed E-state index contributed by atoms with van der Waals surface area (Å²) in [7, 11) is 0. The third-order valence-electron chi connectivity index (χ3n) is 3.96. The minimum atomic E-state index is 0.161. The molecule has 0 amide bonds. The second-order valence-corrected chi connectivity index (χ2v) is 6.13. The largest absolute Gasteiger partial charge is 0.488 e. The van der Waals surface area contributed by atoms with Crippen LogP contribution in [0.15, 0.2) is 28.7 Å². The van der Waals surface area contributed by atoms with Crippen molar-refractivity contribution in [1.82, 2.24) is 5.32 Å². The highest BCUT2D eigenvalue weighted by Crippen LogP contribution is 2.31. The Morgan fingerprint density at radius 2 is 2.14 bits per heavy atom. The van der Waals surface area contributed by atoms with Crippen molar-refractivity contribution in [1.29, 1.82) is 0 Å². The molecule has 0 spiro atoms. The van der Waals surface area contributed by atoms with Crippen LogP contribution in [0, 0.1) is 13.8 Å². The molecule has 1 N–H and O–H groups in total. The van der Waals surface area contributed by atoms with Crippen molar-refractivity contribution in [3.05, 3.63) is 51.9 Å². The van der Waals surface area contributed by atoms with E-state index in [1.165, 1.54) is 11.1 Å². The summed E-state index contributed by atoms with van der Waals surface area (Å²) in [6.07, 6.45) is 1.06. The number of benzene rings is 1. The van der Waals surface area contributed by atoms with Gasteiger partial charge in [0.1, 0.15) is 23.4 Å². The highest BCUT2D eigenvalue weighted by atomic mass is 35.5. The first-order valence-corrected chi connectivity index (χ1v) is 7.66. The van der Waals surface area contributed by atoms with Crippen LogP contribution < -0.4 is 10.1 Å². The number of hydrogen-bond donors (Lipinski definition) is 1. The van der Waals surface area contributed by atoms with E-state index < -0.39 is 0 Å². The minimum absolute atomic E-state index is 0.161. The van der Waals surface area contributed by atoms with E-state index in [9.17, 15) is 0 Å². The van der Waals surface area contributed by atoms with Crippen LogP contribution in [0.5, 0.6) is 5.75 Å². The van der Waals surface area contributed by atoms with Gasteiger partial charge in [-0.2, -0.15) is 0 Å². The standard InChI is InChI=1S/C17H20ClNO2/c1-10-6-16(12(3)20-10)11(2)19-9-15-8-13-7-14(18)4-5-17(13)21-15/h4-7,11,15,19H,8-9H2,1-3H3. The Kier molecular flexibility index (Phi) is 3.96. The van der Waals surface area contributed by atoms with Crippen LogP contribution >= 0.6 is 11.6 Å². The molecule has 21 heavy (non-hydrogen) atoms. The van der Waals surface area contributed by atoms with Crippen molar-refractivity contribution < 1.29 is 9.15 Å². The van der Waals surface area contributed by atoms with Gasteiger partial charge in [-0.1, -0.05) is 11.6 Å². The average molecular weight is 306 g/mol. The van der Waals surface area contributed by atoms with Crippen LogP contribution in [-0.4, -0.2) is 12.6 Å². The van der Waals surface area contributed by atoms with Gasteiger partial charge in [0.05, 0.1) is 0 Å². The van der Waals surface area contributed by atoms with Gasteiger partial charge in [0, 0.05) is 29.6 Å². The molecule has 2 unspecified atom stereocenters. The fourth-order valence-electron chi connectivity index (χ4n) is 2.90. The van der Waals surface area contributed by atoms with Gasteiger partial charge in [-0.15, -0.1) is 0 Å². The molecule has 2 aromatic rings. The summed E-state index contributed by atoms with van der Waals surface area (Å²) in [6, 6.07) is 8.15. The van der Waals surface area contributed by atoms with Gasteiger partial charge in [0.15, 0.2) is 0 Å². The quantitative estimate of drug-likeness (QED) is 0.919. The van der Waals surface area contributed by atoms with Crippen LogP contribution in [0.1, 0.15) is 35.6 Å². The Morgan fingerprint density at radius 1 is 1.33 bits per heavy atom. The zero-order valence-electron chi connectivity index (χ0n) is 12.6. The average Bonchev–Trinajstić information content (AvgIpc) is 2.98. The summed E-state index contributed by atoms with van der Waals surface area (Å²) in [5.74, 6) is 2.89. The Labute approximate surface area is 130 Å². The van der Waals surface area contributed by atoms with Gasteiger partial charge >= 0.3 is 0 Å². The zero-order valence-corrected chi connectivity index (χ0v) is 13.3. The van der Waals surface area contributed by atoms with Crippen LogP contribution in [0.4, 0.5) is 0 Å². The van der Waals surface area contributed by atoms with Crippen molar-refractivity contribution in [3.8, 4) is 5.75 Å². The predicted octanol–water partition coefficient (Wildman–Crippen LogP) is 4.20. The summed E-state index contributed by atoms with van der Waals surface area (Å²) in [6.45, 7) is 6.93. The second-order valence-electron chi connectivity index (χ2n) is 5.69. The molecule has 112 valence electrons. The molecule has 0 saturated carbocycles. The normalized spacial score (nSPS) is 18.4. The number of rotatable bonds is 4. The second kappa shape index (κ2) is 5.74. The van der Waals surface area contributed by atoms with Crippen molar-refractivity contribution >= 4 is 11.6 Å². The number of hydrogen-bond acceptors (Lipinski definition) is 3. The summed E-state index contributed by atoms with van der Waals surface area (Å²) >= 11 is 6.02. The fourth-order valence-corrected chi connectivity index (χ4v) is 3.10. The van der Waals surface area contributed by atoms with Gasteiger partial charge < -0.3 is 14.5 Å².